The molecule has 5 nitrogen and oxygen atoms in total. The Kier molecular flexibility index (Phi) is 7.42. The van der Waals surface area contributed by atoms with Gasteiger partial charge in [0.1, 0.15) is 14.8 Å². The number of thiazole rings is 1. The standard InChI is InChI=1S/C24H31ClN2O3S2/c1-16-17(2)31-24(26-16)19-6-10-21(11-7-19)27-13-23(15-32(3,28)29)30-14-22(27)12-18-4-8-20(25)9-5-18/h4-6,8-9,21-23H,7,10-15H2,1-3H3/t21?,22-,23+/m0/s1. The fourth-order valence-electron chi connectivity index (χ4n) is 4.66. The molecule has 1 aromatic carbocycles. The van der Waals surface area contributed by atoms with Crippen molar-refractivity contribution >= 4 is 38.3 Å². The lowest BCUT2D eigenvalue weighted by Gasteiger charge is -2.45. The number of nitrogens with zero attached hydrogens (tertiary/aromatic N) is 2. The zero-order valence-corrected chi connectivity index (χ0v) is 21.3. The second-order valence-corrected chi connectivity index (χ2v) is 12.9. The minimum Gasteiger partial charge on any atom is -0.374 e. The summed E-state index contributed by atoms with van der Waals surface area (Å²) in [4.78, 5) is 8.52. The van der Waals surface area contributed by atoms with Gasteiger partial charge in [0, 0.05) is 34.8 Å². The number of rotatable bonds is 6. The summed E-state index contributed by atoms with van der Waals surface area (Å²) >= 11 is 7.84. The molecule has 1 aliphatic heterocycles. The number of hydrogen-bond donors (Lipinski definition) is 0. The van der Waals surface area contributed by atoms with Gasteiger partial charge < -0.3 is 4.74 Å². The van der Waals surface area contributed by atoms with Gasteiger partial charge in [0.25, 0.3) is 0 Å². The number of ether oxygens (including phenoxy) is 1. The highest BCUT2D eigenvalue weighted by Gasteiger charge is 2.35. The van der Waals surface area contributed by atoms with E-state index in [-0.39, 0.29) is 17.9 Å². The van der Waals surface area contributed by atoms with E-state index in [0.29, 0.717) is 19.2 Å². The molecule has 1 unspecified atom stereocenters. The Morgan fingerprint density at radius 1 is 1.25 bits per heavy atom. The molecule has 8 heteroatoms. The maximum atomic E-state index is 11.9. The first-order valence-electron chi connectivity index (χ1n) is 11.1. The monoisotopic (exact) mass is 494 g/mol. The molecule has 2 heterocycles. The fourth-order valence-corrected chi connectivity index (χ4v) is 6.65. The largest absolute Gasteiger partial charge is 0.374 e. The molecule has 4 rings (SSSR count). The highest BCUT2D eigenvalue weighted by atomic mass is 35.5. The molecule has 2 aromatic rings. The third kappa shape index (κ3) is 6.00. The van der Waals surface area contributed by atoms with Gasteiger partial charge >= 0.3 is 0 Å². The predicted molar refractivity (Wildman–Crippen MR) is 132 cm³/mol. The number of allylic oxidation sites excluding steroid dienone is 1. The maximum Gasteiger partial charge on any atom is 0.150 e. The Bertz CT molecular complexity index is 1060. The van der Waals surface area contributed by atoms with Gasteiger partial charge in [0.2, 0.25) is 0 Å². The minimum absolute atomic E-state index is 0.0721. The van der Waals surface area contributed by atoms with Gasteiger partial charge in [-0.2, -0.15) is 0 Å². The van der Waals surface area contributed by atoms with Gasteiger partial charge in [-0.1, -0.05) is 29.8 Å². The van der Waals surface area contributed by atoms with Crippen LogP contribution in [0.1, 0.15) is 40.4 Å². The zero-order valence-electron chi connectivity index (χ0n) is 18.9. The van der Waals surface area contributed by atoms with Crippen LogP contribution in [-0.4, -0.2) is 61.6 Å². The van der Waals surface area contributed by atoms with E-state index < -0.39 is 9.84 Å². The molecular formula is C24H31ClN2O3S2. The first-order valence-corrected chi connectivity index (χ1v) is 14.4. The summed E-state index contributed by atoms with van der Waals surface area (Å²) in [7, 11) is -3.09. The molecule has 2 aliphatic rings. The fraction of sp³-hybridized carbons (Fsp3) is 0.542. The lowest BCUT2D eigenvalue weighted by Crippen LogP contribution is -2.56. The van der Waals surface area contributed by atoms with E-state index >= 15 is 0 Å². The van der Waals surface area contributed by atoms with Crippen LogP contribution in [0.25, 0.3) is 5.57 Å². The van der Waals surface area contributed by atoms with Crippen molar-refractivity contribution in [1.82, 2.24) is 9.88 Å². The highest BCUT2D eigenvalue weighted by Crippen LogP contribution is 2.34. The van der Waals surface area contributed by atoms with Crippen molar-refractivity contribution in [3.8, 4) is 0 Å². The van der Waals surface area contributed by atoms with Crippen LogP contribution in [0.15, 0.2) is 30.3 Å². The quantitative estimate of drug-likeness (QED) is 0.582. The van der Waals surface area contributed by atoms with Gasteiger partial charge in [0.05, 0.1) is 24.2 Å². The summed E-state index contributed by atoms with van der Waals surface area (Å²) in [5.41, 5.74) is 3.68. The Balaban J connectivity index is 1.51. The van der Waals surface area contributed by atoms with Crippen LogP contribution in [0.5, 0.6) is 0 Å². The van der Waals surface area contributed by atoms with Crippen molar-refractivity contribution in [2.75, 3.05) is 25.2 Å². The topological polar surface area (TPSA) is 59.5 Å². The van der Waals surface area contributed by atoms with Crippen molar-refractivity contribution in [3.05, 3.63) is 56.5 Å². The number of benzene rings is 1. The summed E-state index contributed by atoms with van der Waals surface area (Å²) in [6.07, 6.45) is 7.21. The normalized spacial score (nSPS) is 25.0. The number of aromatic nitrogens is 1. The van der Waals surface area contributed by atoms with E-state index in [1.807, 2.05) is 12.1 Å². The van der Waals surface area contributed by atoms with Crippen LogP contribution in [0.2, 0.25) is 5.02 Å². The van der Waals surface area contributed by atoms with Crippen LogP contribution in [0.4, 0.5) is 0 Å². The second-order valence-electron chi connectivity index (χ2n) is 9.05. The smallest absolute Gasteiger partial charge is 0.150 e. The first-order chi connectivity index (χ1) is 15.2. The summed E-state index contributed by atoms with van der Waals surface area (Å²) in [5.74, 6) is 0.0721. The number of aryl methyl sites for hydroxylation is 2. The third-order valence-electron chi connectivity index (χ3n) is 6.44. The van der Waals surface area contributed by atoms with E-state index in [2.05, 4.69) is 37.0 Å². The Morgan fingerprint density at radius 2 is 2.00 bits per heavy atom. The lowest BCUT2D eigenvalue weighted by atomic mass is 9.91. The Morgan fingerprint density at radius 3 is 2.59 bits per heavy atom. The maximum absolute atomic E-state index is 11.9. The molecule has 1 fully saturated rings. The first kappa shape index (κ1) is 23.9. The molecule has 1 aromatic heterocycles. The summed E-state index contributed by atoms with van der Waals surface area (Å²) in [6, 6.07) is 8.57. The minimum atomic E-state index is -3.09. The lowest BCUT2D eigenvalue weighted by molar-refractivity contribution is -0.0708. The van der Waals surface area contributed by atoms with E-state index in [1.54, 1.807) is 11.3 Å². The van der Waals surface area contributed by atoms with E-state index in [9.17, 15) is 8.42 Å². The van der Waals surface area contributed by atoms with Crippen LogP contribution in [-0.2, 0) is 21.0 Å². The molecular weight excluding hydrogens is 464 g/mol. The average molecular weight is 495 g/mol. The summed E-state index contributed by atoms with van der Waals surface area (Å²) in [5, 5.41) is 1.88. The summed E-state index contributed by atoms with van der Waals surface area (Å²) in [6.45, 7) is 5.38. The van der Waals surface area contributed by atoms with Gasteiger partial charge in [-0.25, -0.2) is 13.4 Å². The molecule has 32 heavy (non-hydrogen) atoms. The molecule has 0 amide bonds. The van der Waals surface area contributed by atoms with Crippen LogP contribution in [0.3, 0.4) is 0 Å². The second kappa shape index (κ2) is 9.94. The molecule has 0 radical (unpaired) electrons. The van der Waals surface area contributed by atoms with E-state index in [1.165, 1.54) is 22.3 Å². The van der Waals surface area contributed by atoms with Crippen molar-refractivity contribution in [1.29, 1.82) is 0 Å². The van der Waals surface area contributed by atoms with Gasteiger partial charge in [0.15, 0.2) is 0 Å². The zero-order chi connectivity index (χ0) is 22.9. The number of halogens is 1. The molecule has 0 bridgehead atoms. The van der Waals surface area contributed by atoms with E-state index in [4.69, 9.17) is 21.3 Å². The molecule has 1 aliphatic carbocycles. The average Bonchev–Trinajstić information content (AvgIpc) is 3.08. The summed E-state index contributed by atoms with van der Waals surface area (Å²) < 4.78 is 29.8. The van der Waals surface area contributed by atoms with Crippen LogP contribution in [0, 0.1) is 13.8 Å². The third-order valence-corrected chi connectivity index (χ3v) is 8.81. The SMILES string of the molecule is Cc1nc(C2=CCC(N3C[C@H](CS(C)(=O)=O)OC[C@@H]3Cc3ccc(Cl)cc3)CC2)sc1C. The van der Waals surface area contributed by atoms with Gasteiger partial charge in [-0.05, 0) is 62.8 Å². The Labute approximate surface area is 200 Å². The van der Waals surface area contributed by atoms with E-state index in [0.717, 1.165) is 41.4 Å². The Hall–Kier alpha value is -1.25. The molecule has 174 valence electrons. The van der Waals surface area contributed by atoms with Gasteiger partial charge in [-0.3, -0.25) is 4.90 Å². The number of morpholine rings is 1. The van der Waals surface area contributed by atoms with Crippen molar-refractivity contribution in [3.63, 3.8) is 0 Å². The number of hydrogen-bond acceptors (Lipinski definition) is 6. The van der Waals surface area contributed by atoms with Crippen molar-refractivity contribution < 1.29 is 13.2 Å². The van der Waals surface area contributed by atoms with Crippen LogP contribution >= 0.6 is 22.9 Å². The van der Waals surface area contributed by atoms with Crippen molar-refractivity contribution in [2.45, 2.75) is 57.7 Å². The molecule has 3 atom stereocenters. The predicted octanol–water partition coefficient (Wildman–Crippen LogP) is 4.71. The highest BCUT2D eigenvalue weighted by molar-refractivity contribution is 7.90. The number of sulfone groups is 1. The van der Waals surface area contributed by atoms with Crippen molar-refractivity contribution in [2.24, 2.45) is 0 Å². The molecule has 0 N–H and O–H groups in total. The van der Waals surface area contributed by atoms with Crippen LogP contribution < -0.4 is 0 Å². The molecule has 0 saturated carbocycles. The van der Waals surface area contributed by atoms with Gasteiger partial charge in [-0.15, -0.1) is 11.3 Å². The molecule has 1 saturated heterocycles. The molecule has 0 spiro atoms.